The Bertz CT molecular complexity index is 1110. The largest absolute Gasteiger partial charge is 0.481 e. The van der Waals surface area contributed by atoms with E-state index in [4.69, 9.17) is 10.8 Å². The summed E-state index contributed by atoms with van der Waals surface area (Å²) in [5.74, 6) is -4.26. The number of carbonyl (C=O) groups excluding carboxylic acids is 3. The predicted octanol–water partition coefficient (Wildman–Crippen LogP) is -0.421. The van der Waals surface area contributed by atoms with Crippen LogP contribution in [0.15, 0.2) is 30.5 Å². The topological polar surface area (TPSA) is 195 Å². The Hall–Kier alpha value is -3.93. The zero-order chi connectivity index (χ0) is 25.5. The van der Waals surface area contributed by atoms with Gasteiger partial charge in [-0.05, 0) is 37.3 Å². The monoisotopic (exact) mass is 487 g/mol. The van der Waals surface area contributed by atoms with Gasteiger partial charge in [-0.3, -0.25) is 19.2 Å². The molecule has 3 amide bonds. The number of para-hydroxylation sites is 1. The Morgan fingerprint density at radius 2 is 1.91 bits per heavy atom. The fourth-order valence-corrected chi connectivity index (χ4v) is 4.19. The molecule has 0 aliphatic carbocycles. The predicted molar refractivity (Wildman–Crippen MR) is 124 cm³/mol. The van der Waals surface area contributed by atoms with Gasteiger partial charge in [-0.25, -0.2) is 4.79 Å². The van der Waals surface area contributed by atoms with Gasteiger partial charge in [0.1, 0.15) is 12.1 Å². The van der Waals surface area contributed by atoms with Crippen molar-refractivity contribution in [2.75, 3.05) is 13.1 Å². The molecule has 1 saturated heterocycles. The van der Waals surface area contributed by atoms with Crippen LogP contribution >= 0.6 is 0 Å². The van der Waals surface area contributed by atoms with Crippen LogP contribution < -0.4 is 16.4 Å². The second kappa shape index (κ2) is 11.5. The van der Waals surface area contributed by atoms with Crippen LogP contribution in [0.25, 0.3) is 10.9 Å². The van der Waals surface area contributed by atoms with Gasteiger partial charge in [0.05, 0.1) is 12.6 Å². The number of amides is 3. The van der Waals surface area contributed by atoms with E-state index in [1.807, 2.05) is 24.3 Å². The highest BCUT2D eigenvalue weighted by Gasteiger charge is 2.37. The summed E-state index contributed by atoms with van der Waals surface area (Å²) in [6, 6.07) is 4.39. The fraction of sp³-hybridized carbons (Fsp3) is 0.435. The number of H-pyrrole nitrogens is 1. The highest BCUT2D eigenvalue weighted by molar-refractivity contribution is 5.93. The van der Waals surface area contributed by atoms with E-state index >= 15 is 0 Å². The van der Waals surface area contributed by atoms with Crippen molar-refractivity contribution in [3.63, 3.8) is 0 Å². The number of nitrogens with two attached hydrogens (primary N) is 1. The molecule has 0 bridgehead atoms. The van der Waals surface area contributed by atoms with E-state index in [0.29, 0.717) is 6.42 Å². The molecule has 0 radical (unpaired) electrons. The van der Waals surface area contributed by atoms with Crippen molar-refractivity contribution in [3.05, 3.63) is 36.0 Å². The van der Waals surface area contributed by atoms with E-state index < -0.39 is 60.8 Å². The lowest BCUT2D eigenvalue weighted by molar-refractivity contribution is -0.149. The van der Waals surface area contributed by atoms with Crippen LogP contribution in [0.1, 0.15) is 31.2 Å². The molecule has 0 saturated carbocycles. The second-order valence-corrected chi connectivity index (χ2v) is 8.47. The first kappa shape index (κ1) is 25.7. The molecule has 1 aliphatic rings. The Balaban J connectivity index is 1.56. The van der Waals surface area contributed by atoms with Crippen LogP contribution in [0.5, 0.6) is 0 Å². The second-order valence-electron chi connectivity index (χ2n) is 8.47. The van der Waals surface area contributed by atoms with E-state index in [1.165, 1.54) is 0 Å². The molecule has 1 fully saturated rings. The van der Waals surface area contributed by atoms with Crippen molar-refractivity contribution in [2.45, 2.75) is 50.2 Å². The molecular formula is C23H29N5O7. The van der Waals surface area contributed by atoms with Crippen molar-refractivity contribution >= 4 is 40.6 Å². The van der Waals surface area contributed by atoms with Gasteiger partial charge in [0.15, 0.2) is 0 Å². The lowest BCUT2D eigenvalue weighted by atomic mass is 10.1. The Labute approximate surface area is 200 Å². The third-order valence-electron chi connectivity index (χ3n) is 5.98. The Morgan fingerprint density at radius 3 is 2.63 bits per heavy atom. The third-order valence-corrected chi connectivity index (χ3v) is 5.98. The number of carboxylic acids is 2. The average molecular weight is 488 g/mol. The summed E-state index contributed by atoms with van der Waals surface area (Å²) < 4.78 is 0. The number of benzene rings is 1. The van der Waals surface area contributed by atoms with Gasteiger partial charge in [0.25, 0.3) is 0 Å². The van der Waals surface area contributed by atoms with Crippen molar-refractivity contribution in [1.29, 1.82) is 0 Å². The summed E-state index contributed by atoms with van der Waals surface area (Å²) in [5, 5.41) is 24.1. The number of aromatic amines is 1. The van der Waals surface area contributed by atoms with Gasteiger partial charge < -0.3 is 36.5 Å². The minimum Gasteiger partial charge on any atom is -0.481 e. The molecule has 2 heterocycles. The first-order chi connectivity index (χ1) is 16.7. The first-order valence-corrected chi connectivity index (χ1v) is 11.3. The summed E-state index contributed by atoms with van der Waals surface area (Å²) in [6.07, 6.45) is 2.17. The van der Waals surface area contributed by atoms with Crippen LogP contribution in [0.3, 0.4) is 0 Å². The molecule has 7 N–H and O–H groups in total. The fourth-order valence-electron chi connectivity index (χ4n) is 4.19. The smallest absolute Gasteiger partial charge is 0.326 e. The summed E-state index contributed by atoms with van der Waals surface area (Å²) in [5.41, 5.74) is 7.77. The molecule has 1 aliphatic heterocycles. The molecule has 12 heteroatoms. The van der Waals surface area contributed by atoms with Crippen LogP contribution in [-0.2, 0) is 30.4 Å². The minimum atomic E-state index is -1.23. The van der Waals surface area contributed by atoms with Crippen molar-refractivity contribution in [1.82, 2.24) is 20.5 Å². The standard InChI is InChI=1S/C23H29N5O7/c24-15(10-13-11-25-16-5-2-1-4-14(13)16)21(32)26-12-19(29)27-17(7-8-20(30)31)22(33)28-9-3-6-18(28)23(34)35/h1-2,4-5,11,15,17-18,25H,3,6-10,12,24H2,(H,26,32)(H,27,29)(H,30,31)(H,34,35). The van der Waals surface area contributed by atoms with Gasteiger partial charge in [-0.1, -0.05) is 18.2 Å². The van der Waals surface area contributed by atoms with E-state index in [-0.39, 0.29) is 25.8 Å². The quantitative estimate of drug-likeness (QED) is 0.246. The molecule has 2 aromatic rings. The number of hydrogen-bond acceptors (Lipinski definition) is 6. The van der Waals surface area contributed by atoms with E-state index in [1.54, 1.807) is 6.20 Å². The summed E-state index contributed by atoms with van der Waals surface area (Å²) in [4.78, 5) is 64.4. The molecular weight excluding hydrogens is 458 g/mol. The number of hydrogen-bond donors (Lipinski definition) is 6. The molecule has 3 unspecified atom stereocenters. The van der Waals surface area contributed by atoms with Gasteiger partial charge in [-0.15, -0.1) is 0 Å². The average Bonchev–Trinajstić information content (AvgIpc) is 3.47. The number of nitrogens with zero attached hydrogens (tertiary/aromatic N) is 1. The molecule has 35 heavy (non-hydrogen) atoms. The van der Waals surface area contributed by atoms with Crippen LogP contribution in [0.2, 0.25) is 0 Å². The maximum Gasteiger partial charge on any atom is 0.326 e. The zero-order valence-corrected chi connectivity index (χ0v) is 19.0. The number of carbonyl (C=O) groups is 5. The zero-order valence-electron chi connectivity index (χ0n) is 19.0. The molecule has 3 atom stereocenters. The number of aromatic nitrogens is 1. The van der Waals surface area contributed by atoms with Crippen LogP contribution in [0.4, 0.5) is 0 Å². The molecule has 1 aromatic heterocycles. The summed E-state index contributed by atoms with van der Waals surface area (Å²) in [7, 11) is 0. The van der Waals surface area contributed by atoms with Gasteiger partial charge in [-0.2, -0.15) is 0 Å². The van der Waals surface area contributed by atoms with Gasteiger partial charge >= 0.3 is 11.9 Å². The lowest BCUT2D eigenvalue weighted by Gasteiger charge is -2.27. The van der Waals surface area contributed by atoms with Crippen LogP contribution in [-0.4, -0.2) is 81.0 Å². The van der Waals surface area contributed by atoms with Gasteiger partial charge in [0, 0.05) is 30.1 Å². The number of fused-ring (bicyclic) bond motifs is 1. The number of carboxylic acid groups (broad SMARTS) is 2. The third kappa shape index (κ3) is 6.57. The first-order valence-electron chi connectivity index (χ1n) is 11.3. The van der Waals surface area contributed by atoms with Crippen LogP contribution in [0, 0.1) is 0 Å². The highest BCUT2D eigenvalue weighted by Crippen LogP contribution is 2.20. The van der Waals surface area contributed by atoms with E-state index in [9.17, 15) is 29.1 Å². The normalized spacial score (nSPS) is 17.1. The van der Waals surface area contributed by atoms with Gasteiger partial charge in [0.2, 0.25) is 17.7 Å². The summed E-state index contributed by atoms with van der Waals surface area (Å²) in [6.45, 7) is -0.270. The van der Waals surface area contributed by atoms with Crippen molar-refractivity contribution < 1.29 is 34.2 Å². The number of aliphatic carboxylic acids is 2. The molecule has 0 spiro atoms. The number of nitrogens with one attached hydrogen (secondary N) is 3. The van der Waals surface area contributed by atoms with Crippen molar-refractivity contribution in [2.24, 2.45) is 5.73 Å². The maximum atomic E-state index is 12.9. The summed E-state index contributed by atoms with van der Waals surface area (Å²) >= 11 is 0. The molecule has 188 valence electrons. The SMILES string of the molecule is NC(Cc1c[nH]c2ccccc12)C(=O)NCC(=O)NC(CCC(=O)O)C(=O)N1CCCC1C(=O)O. The molecule has 3 rings (SSSR count). The Kier molecular flexibility index (Phi) is 8.42. The number of likely N-dealkylation sites (tertiary alicyclic amines) is 1. The molecule has 12 nitrogen and oxygen atoms in total. The lowest BCUT2D eigenvalue weighted by Crippen LogP contribution is -2.54. The highest BCUT2D eigenvalue weighted by atomic mass is 16.4. The van der Waals surface area contributed by atoms with E-state index in [0.717, 1.165) is 21.4 Å². The van der Waals surface area contributed by atoms with Crippen molar-refractivity contribution in [3.8, 4) is 0 Å². The number of rotatable bonds is 11. The minimum absolute atomic E-state index is 0.203. The maximum absolute atomic E-state index is 12.9. The Morgan fingerprint density at radius 1 is 1.17 bits per heavy atom. The molecule has 1 aromatic carbocycles. The van der Waals surface area contributed by atoms with E-state index in [2.05, 4.69) is 15.6 Å².